The number of aryl methyl sites for hydroxylation is 1. The van der Waals surface area contributed by atoms with Crippen molar-refractivity contribution in [1.29, 1.82) is 0 Å². The third-order valence-electron chi connectivity index (χ3n) is 1.50. The Morgan fingerprint density at radius 3 is 2.77 bits per heavy atom. The van der Waals surface area contributed by atoms with Crippen LogP contribution in [0.25, 0.3) is 0 Å². The quantitative estimate of drug-likeness (QED) is 0.594. The summed E-state index contributed by atoms with van der Waals surface area (Å²) in [5.74, 6) is -1.95. The zero-order chi connectivity index (χ0) is 9.84. The van der Waals surface area contributed by atoms with Crippen LogP contribution in [0.5, 0.6) is 0 Å². The van der Waals surface area contributed by atoms with Gasteiger partial charge in [0.1, 0.15) is 5.76 Å². The molecule has 1 aromatic rings. The Bertz CT molecular complexity index is 350. The first-order valence-corrected chi connectivity index (χ1v) is 3.71. The van der Waals surface area contributed by atoms with Gasteiger partial charge in [0, 0.05) is 13.0 Å². The summed E-state index contributed by atoms with van der Waals surface area (Å²) < 4.78 is 4.57. The van der Waals surface area contributed by atoms with E-state index in [4.69, 9.17) is 10.2 Å². The molecule has 0 radical (unpaired) electrons. The molecular formula is C7H9NO5. The number of carboxylic acid groups (broad SMARTS) is 1. The second kappa shape index (κ2) is 3.90. The van der Waals surface area contributed by atoms with Crippen molar-refractivity contribution in [1.82, 2.24) is 4.98 Å². The zero-order valence-electron chi connectivity index (χ0n) is 6.74. The number of carboxylic acids is 1. The van der Waals surface area contributed by atoms with Gasteiger partial charge in [-0.15, -0.1) is 0 Å². The minimum atomic E-state index is -1.24. The van der Waals surface area contributed by atoms with E-state index in [-0.39, 0.29) is 24.5 Å². The molecule has 1 rings (SSSR count). The molecular weight excluding hydrogens is 178 g/mol. The monoisotopic (exact) mass is 187 g/mol. The molecule has 6 heteroatoms. The van der Waals surface area contributed by atoms with E-state index in [1.165, 1.54) is 0 Å². The predicted octanol–water partition coefficient (Wildman–Crippen LogP) is -0.409. The molecule has 0 spiro atoms. The van der Waals surface area contributed by atoms with Gasteiger partial charge in [-0.2, -0.15) is 0 Å². The average molecular weight is 187 g/mol. The van der Waals surface area contributed by atoms with Crippen molar-refractivity contribution < 1.29 is 19.4 Å². The number of aromatic amines is 1. The van der Waals surface area contributed by atoms with Gasteiger partial charge in [-0.05, 0) is 6.42 Å². The number of aliphatic hydroxyl groups excluding tert-OH is 1. The molecule has 0 aliphatic rings. The van der Waals surface area contributed by atoms with Gasteiger partial charge in [0.05, 0.1) is 0 Å². The number of hydrogen-bond acceptors (Lipinski definition) is 4. The highest BCUT2D eigenvalue weighted by molar-refractivity contribution is 5.86. The van der Waals surface area contributed by atoms with Crippen molar-refractivity contribution in [3.8, 4) is 0 Å². The Hall–Kier alpha value is -1.56. The van der Waals surface area contributed by atoms with Crippen LogP contribution in [-0.4, -0.2) is 27.8 Å². The Labute approximate surface area is 72.8 Å². The van der Waals surface area contributed by atoms with Crippen molar-refractivity contribution in [2.45, 2.75) is 12.8 Å². The molecule has 1 heterocycles. The molecule has 13 heavy (non-hydrogen) atoms. The van der Waals surface area contributed by atoms with Crippen LogP contribution in [0.15, 0.2) is 9.21 Å². The van der Waals surface area contributed by atoms with Gasteiger partial charge in [-0.25, -0.2) is 9.59 Å². The fraction of sp³-hybridized carbons (Fsp3) is 0.429. The third-order valence-corrected chi connectivity index (χ3v) is 1.50. The molecule has 1 aromatic heterocycles. The lowest BCUT2D eigenvalue weighted by molar-refractivity contribution is 0.0688. The molecule has 0 amide bonds. The van der Waals surface area contributed by atoms with E-state index in [9.17, 15) is 9.59 Å². The summed E-state index contributed by atoms with van der Waals surface area (Å²) >= 11 is 0. The van der Waals surface area contributed by atoms with Crippen LogP contribution in [-0.2, 0) is 6.42 Å². The van der Waals surface area contributed by atoms with E-state index in [1.54, 1.807) is 0 Å². The molecule has 72 valence electrons. The highest BCUT2D eigenvalue weighted by atomic mass is 16.4. The molecule has 0 saturated carbocycles. The predicted molar refractivity (Wildman–Crippen MR) is 41.7 cm³/mol. The maximum absolute atomic E-state index is 10.6. The molecule has 0 fully saturated rings. The van der Waals surface area contributed by atoms with E-state index < -0.39 is 11.7 Å². The zero-order valence-corrected chi connectivity index (χ0v) is 6.74. The van der Waals surface area contributed by atoms with E-state index in [2.05, 4.69) is 4.42 Å². The smallest absolute Gasteiger partial charge is 0.417 e. The Balaban J connectivity index is 2.91. The molecule has 6 nitrogen and oxygen atoms in total. The van der Waals surface area contributed by atoms with Gasteiger partial charge in [-0.1, -0.05) is 0 Å². The van der Waals surface area contributed by atoms with E-state index in [0.29, 0.717) is 6.42 Å². The van der Waals surface area contributed by atoms with Gasteiger partial charge < -0.3 is 14.6 Å². The summed E-state index contributed by atoms with van der Waals surface area (Å²) in [7, 11) is 0. The topological polar surface area (TPSA) is 104 Å². The van der Waals surface area contributed by atoms with Crippen LogP contribution < -0.4 is 5.76 Å². The van der Waals surface area contributed by atoms with Crippen molar-refractivity contribution in [3.63, 3.8) is 0 Å². The first-order valence-electron chi connectivity index (χ1n) is 3.71. The summed E-state index contributed by atoms with van der Waals surface area (Å²) in [6.45, 7) is -0.0754. The Kier molecular flexibility index (Phi) is 2.86. The lowest BCUT2D eigenvalue weighted by Crippen LogP contribution is -2.04. The highest BCUT2D eigenvalue weighted by Crippen LogP contribution is 2.06. The summed E-state index contributed by atoms with van der Waals surface area (Å²) in [4.78, 5) is 23.2. The minimum absolute atomic E-state index is 0.0754. The molecule has 0 unspecified atom stereocenters. The van der Waals surface area contributed by atoms with Crippen LogP contribution >= 0.6 is 0 Å². The van der Waals surface area contributed by atoms with Crippen LogP contribution in [0.1, 0.15) is 22.7 Å². The van der Waals surface area contributed by atoms with Crippen LogP contribution in [0, 0.1) is 0 Å². The number of nitrogens with one attached hydrogen (secondary N) is 1. The Morgan fingerprint density at radius 2 is 2.23 bits per heavy atom. The number of oxazole rings is 1. The maximum Gasteiger partial charge on any atom is 0.417 e. The van der Waals surface area contributed by atoms with Gasteiger partial charge in [0.25, 0.3) is 0 Å². The van der Waals surface area contributed by atoms with E-state index in [1.807, 2.05) is 4.98 Å². The van der Waals surface area contributed by atoms with Gasteiger partial charge in [0.15, 0.2) is 5.69 Å². The normalized spacial score (nSPS) is 10.2. The summed E-state index contributed by atoms with van der Waals surface area (Å²) in [5.41, 5.74) is -0.238. The SMILES string of the molecule is O=C(O)c1[nH]c(=O)oc1CCCO. The largest absolute Gasteiger partial charge is 0.476 e. The van der Waals surface area contributed by atoms with Gasteiger partial charge >= 0.3 is 11.7 Å². The van der Waals surface area contributed by atoms with Gasteiger partial charge in [0.2, 0.25) is 0 Å². The highest BCUT2D eigenvalue weighted by Gasteiger charge is 2.15. The number of hydrogen-bond donors (Lipinski definition) is 3. The van der Waals surface area contributed by atoms with E-state index >= 15 is 0 Å². The van der Waals surface area contributed by atoms with Crippen LogP contribution in [0.2, 0.25) is 0 Å². The minimum Gasteiger partial charge on any atom is -0.476 e. The first-order chi connectivity index (χ1) is 6.15. The summed E-state index contributed by atoms with van der Waals surface area (Å²) in [5, 5.41) is 17.1. The second-order valence-electron chi connectivity index (χ2n) is 2.45. The lowest BCUT2D eigenvalue weighted by atomic mass is 10.2. The molecule has 0 aromatic carbocycles. The standard InChI is InChI=1S/C7H9NO5/c9-3-1-2-4-5(6(10)11)8-7(12)13-4/h9H,1-3H2,(H,8,12)(H,10,11). The van der Waals surface area contributed by atoms with Crippen molar-refractivity contribution >= 4 is 5.97 Å². The third kappa shape index (κ3) is 2.19. The molecule has 0 atom stereocenters. The maximum atomic E-state index is 10.6. The summed E-state index contributed by atoms with van der Waals surface area (Å²) in [6, 6.07) is 0. The fourth-order valence-corrected chi connectivity index (χ4v) is 0.949. The number of aromatic carboxylic acids is 1. The lowest BCUT2D eigenvalue weighted by Gasteiger charge is -1.93. The van der Waals surface area contributed by atoms with Crippen LogP contribution in [0.4, 0.5) is 0 Å². The number of aromatic nitrogens is 1. The number of rotatable bonds is 4. The molecule has 0 aliphatic carbocycles. The number of aliphatic hydroxyl groups is 1. The fourth-order valence-electron chi connectivity index (χ4n) is 0.949. The number of carbonyl (C=O) groups is 1. The van der Waals surface area contributed by atoms with Crippen molar-refractivity contribution in [2.75, 3.05) is 6.61 Å². The molecule has 0 bridgehead atoms. The average Bonchev–Trinajstić information content (AvgIpc) is 2.43. The first kappa shape index (κ1) is 9.53. The van der Waals surface area contributed by atoms with Crippen molar-refractivity contribution in [2.24, 2.45) is 0 Å². The molecule has 3 N–H and O–H groups in total. The van der Waals surface area contributed by atoms with E-state index in [0.717, 1.165) is 0 Å². The molecule has 0 saturated heterocycles. The van der Waals surface area contributed by atoms with Crippen LogP contribution in [0.3, 0.4) is 0 Å². The second-order valence-corrected chi connectivity index (χ2v) is 2.45. The molecule has 0 aliphatic heterocycles. The number of H-pyrrole nitrogens is 1. The summed E-state index contributed by atoms with van der Waals surface area (Å²) in [6.07, 6.45) is 0.595. The Morgan fingerprint density at radius 1 is 1.54 bits per heavy atom. The van der Waals surface area contributed by atoms with Gasteiger partial charge in [-0.3, -0.25) is 4.98 Å². The van der Waals surface area contributed by atoms with Crippen molar-refractivity contribution in [3.05, 3.63) is 22.0 Å².